The van der Waals surface area contributed by atoms with Crippen LogP contribution in [0.15, 0.2) is 42.5 Å². The van der Waals surface area contributed by atoms with Gasteiger partial charge in [0.25, 0.3) is 5.91 Å². The third-order valence-corrected chi connectivity index (χ3v) is 5.48. The fraction of sp³-hybridized carbons (Fsp3) is 0.391. The van der Waals surface area contributed by atoms with Gasteiger partial charge < -0.3 is 24.4 Å². The van der Waals surface area contributed by atoms with Crippen molar-refractivity contribution >= 4 is 11.8 Å². The fourth-order valence-electron chi connectivity index (χ4n) is 3.86. The van der Waals surface area contributed by atoms with Crippen molar-refractivity contribution in [1.29, 1.82) is 0 Å². The van der Waals surface area contributed by atoms with Crippen molar-refractivity contribution < 1.29 is 28.2 Å². The zero-order chi connectivity index (χ0) is 22.4. The lowest BCUT2D eigenvalue weighted by atomic mass is 9.87. The zero-order valence-electron chi connectivity index (χ0n) is 17.9. The van der Waals surface area contributed by atoms with Gasteiger partial charge in [-0.15, -0.1) is 0 Å². The normalized spacial score (nSPS) is 18.0. The second kappa shape index (κ2) is 10.3. The SMILES string of the molecule is COCCNC(=O)[C@H]1CN(C(=O)c2ccc(F)cc2)C[C@H]1c1cc(OC)ccc1OC. The summed E-state index contributed by atoms with van der Waals surface area (Å²) in [4.78, 5) is 27.6. The average Bonchev–Trinajstić information content (AvgIpc) is 3.24. The highest BCUT2D eigenvalue weighted by Gasteiger charge is 2.41. The van der Waals surface area contributed by atoms with E-state index in [1.54, 1.807) is 38.4 Å². The van der Waals surface area contributed by atoms with Crippen molar-refractivity contribution in [2.45, 2.75) is 5.92 Å². The van der Waals surface area contributed by atoms with Gasteiger partial charge in [0.05, 0.1) is 26.7 Å². The second-order valence-electron chi connectivity index (χ2n) is 7.32. The van der Waals surface area contributed by atoms with Gasteiger partial charge >= 0.3 is 0 Å². The molecule has 2 aromatic rings. The summed E-state index contributed by atoms with van der Waals surface area (Å²) < 4.78 is 29.2. The van der Waals surface area contributed by atoms with Crippen LogP contribution in [0.5, 0.6) is 11.5 Å². The minimum atomic E-state index is -0.484. The van der Waals surface area contributed by atoms with Gasteiger partial charge in [-0.3, -0.25) is 9.59 Å². The monoisotopic (exact) mass is 430 g/mol. The molecule has 0 saturated carbocycles. The molecule has 1 aliphatic rings. The van der Waals surface area contributed by atoms with Crippen molar-refractivity contribution in [2.24, 2.45) is 5.92 Å². The van der Waals surface area contributed by atoms with E-state index in [-0.39, 0.29) is 24.3 Å². The first-order valence-corrected chi connectivity index (χ1v) is 10.0. The Morgan fingerprint density at radius 3 is 2.45 bits per heavy atom. The van der Waals surface area contributed by atoms with Crippen LogP contribution in [0.1, 0.15) is 21.8 Å². The summed E-state index contributed by atoms with van der Waals surface area (Å²) in [5, 5.41) is 2.87. The highest BCUT2D eigenvalue weighted by molar-refractivity contribution is 5.95. The first kappa shape index (κ1) is 22.6. The van der Waals surface area contributed by atoms with E-state index in [0.29, 0.717) is 36.8 Å². The summed E-state index contributed by atoms with van der Waals surface area (Å²) in [5.74, 6) is -0.346. The molecule has 0 aliphatic carbocycles. The molecule has 0 unspecified atom stereocenters. The molecule has 1 saturated heterocycles. The summed E-state index contributed by atoms with van der Waals surface area (Å²) in [5.41, 5.74) is 1.17. The smallest absolute Gasteiger partial charge is 0.253 e. The first-order valence-electron chi connectivity index (χ1n) is 10.0. The average molecular weight is 430 g/mol. The number of hydrogen-bond donors (Lipinski definition) is 1. The van der Waals surface area contributed by atoms with Crippen molar-refractivity contribution in [2.75, 3.05) is 47.6 Å². The molecule has 1 heterocycles. The highest BCUT2D eigenvalue weighted by Crippen LogP contribution is 2.40. The highest BCUT2D eigenvalue weighted by atomic mass is 19.1. The molecule has 0 bridgehead atoms. The van der Waals surface area contributed by atoms with Crippen LogP contribution >= 0.6 is 0 Å². The number of carbonyl (C=O) groups excluding carboxylic acids is 2. The number of halogens is 1. The molecule has 0 radical (unpaired) electrons. The third kappa shape index (κ3) is 5.14. The van der Waals surface area contributed by atoms with E-state index in [2.05, 4.69) is 5.32 Å². The molecular formula is C23H27FN2O5. The molecule has 0 aromatic heterocycles. The van der Waals surface area contributed by atoms with Crippen molar-refractivity contribution in [3.8, 4) is 11.5 Å². The van der Waals surface area contributed by atoms with Gasteiger partial charge in [-0.25, -0.2) is 4.39 Å². The number of rotatable bonds is 8. The van der Waals surface area contributed by atoms with Gasteiger partial charge in [0.15, 0.2) is 0 Å². The van der Waals surface area contributed by atoms with Crippen molar-refractivity contribution in [3.63, 3.8) is 0 Å². The largest absolute Gasteiger partial charge is 0.497 e. The van der Waals surface area contributed by atoms with E-state index in [4.69, 9.17) is 14.2 Å². The van der Waals surface area contributed by atoms with E-state index in [0.717, 1.165) is 5.56 Å². The molecule has 3 rings (SSSR count). The number of nitrogens with one attached hydrogen (secondary N) is 1. The van der Waals surface area contributed by atoms with Gasteiger partial charge in [0.2, 0.25) is 5.91 Å². The Labute approximate surface area is 181 Å². The van der Waals surface area contributed by atoms with Crippen LogP contribution in [0.25, 0.3) is 0 Å². The predicted octanol–water partition coefficient (Wildman–Crippen LogP) is 2.46. The summed E-state index contributed by atoms with van der Waals surface area (Å²) in [6.45, 7) is 1.33. The molecule has 2 aromatic carbocycles. The fourth-order valence-corrected chi connectivity index (χ4v) is 3.86. The standard InChI is InChI=1S/C23H27FN2O5/c1-29-11-10-25-22(27)20-14-26(23(28)15-4-6-16(24)7-5-15)13-19(20)18-12-17(30-2)8-9-21(18)31-3/h4-9,12,19-20H,10-11,13-14H2,1-3H3,(H,25,27)/t19-,20-/m0/s1. The molecule has 31 heavy (non-hydrogen) atoms. The summed E-state index contributed by atoms with van der Waals surface area (Å²) >= 11 is 0. The van der Waals surface area contributed by atoms with E-state index in [9.17, 15) is 14.0 Å². The van der Waals surface area contributed by atoms with Crippen molar-refractivity contribution in [3.05, 3.63) is 59.4 Å². The van der Waals surface area contributed by atoms with Crippen LogP contribution in [0.4, 0.5) is 4.39 Å². The molecule has 0 spiro atoms. The first-order chi connectivity index (χ1) is 15.0. The summed E-state index contributed by atoms with van der Waals surface area (Å²) in [7, 11) is 4.70. The lowest BCUT2D eigenvalue weighted by Crippen LogP contribution is -2.37. The number of nitrogens with zero attached hydrogens (tertiary/aromatic N) is 1. The van der Waals surface area contributed by atoms with Crippen LogP contribution in [0, 0.1) is 11.7 Å². The minimum Gasteiger partial charge on any atom is -0.497 e. The Balaban J connectivity index is 1.91. The molecule has 1 N–H and O–H groups in total. The van der Waals surface area contributed by atoms with Gasteiger partial charge in [-0.2, -0.15) is 0 Å². The maximum Gasteiger partial charge on any atom is 0.253 e. The number of hydrogen-bond acceptors (Lipinski definition) is 5. The Bertz CT molecular complexity index is 919. The lowest BCUT2D eigenvalue weighted by Gasteiger charge is -2.21. The van der Waals surface area contributed by atoms with Crippen molar-refractivity contribution in [1.82, 2.24) is 10.2 Å². The van der Waals surface area contributed by atoms with E-state index < -0.39 is 11.7 Å². The van der Waals surface area contributed by atoms with Crippen LogP contribution in [-0.2, 0) is 9.53 Å². The van der Waals surface area contributed by atoms with Crippen LogP contribution in [0.2, 0.25) is 0 Å². The van der Waals surface area contributed by atoms with Gasteiger partial charge in [-0.05, 0) is 42.5 Å². The van der Waals surface area contributed by atoms with Crippen LogP contribution in [-0.4, -0.2) is 64.3 Å². The molecule has 7 nitrogen and oxygen atoms in total. The van der Waals surface area contributed by atoms with E-state index >= 15 is 0 Å². The van der Waals surface area contributed by atoms with Gasteiger partial charge in [-0.1, -0.05) is 0 Å². The molecular weight excluding hydrogens is 403 g/mol. The Morgan fingerprint density at radius 1 is 1.06 bits per heavy atom. The number of methoxy groups -OCH3 is 3. The molecule has 2 atom stereocenters. The molecule has 8 heteroatoms. The van der Waals surface area contributed by atoms with Gasteiger partial charge in [0, 0.05) is 43.8 Å². The van der Waals surface area contributed by atoms with Crippen LogP contribution < -0.4 is 14.8 Å². The molecule has 2 amide bonds. The van der Waals surface area contributed by atoms with E-state index in [1.165, 1.54) is 24.3 Å². The molecule has 1 aliphatic heterocycles. The number of benzene rings is 2. The minimum absolute atomic E-state index is 0.165. The zero-order valence-corrected chi connectivity index (χ0v) is 17.9. The number of ether oxygens (including phenoxy) is 3. The topological polar surface area (TPSA) is 77.1 Å². The maximum absolute atomic E-state index is 13.3. The summed E-state index contributed by atoms with van der Waals surface area (Å²) in [6.07, 6.45) is 0. The molecule has 1 fully saturated rings. The van der Waals surface area contributed by atoms with E-state index in [1.807, 2.05) is 6.07 Å². The Morgan fingerprint density at radius 2 is 1.81 bits per heavy atom. The van der Waals surface area contributed by atoms with Crippen LogP contribution in [0.3, 0.4) is 0 Å². The number of carbonyl (C=O) groups is 2. The molecule has 166 valence electrons. The Kier molecular flexibility index (Phi) is 7.46. The maximum atomic E-state index is 13.3. The quantitative estimate of drug-likeness (QED) is 0.651. The number of amides is 2. The predicted molar refractivity (Wildman–Crippen MR) is 113 cm³/mol. The van der Waals surface area contributed by atoms with Gasteiger partial charge in [0.1, 0.15) is 17.3 Å². The summed E-state index contributed by atoms with van der Waals surface area (Å²) in [6, 6.07) is 10.8. The Hall–Kier alpha value is -3.13. The number of likely N-dealkylation sites (tertiary alicyclic amines) is 1. The lowest BCUT2D eigenvalue weighted by molar-refractivity contribution is -0.125. The third-order valence-electron chi connectivity index (χ3n) is 5.48. The second-order valence-corrected chi connectivity index (χ2v) is 7.32.